The number of halogens is 1. The third-order valence-electron chi connectivity index (χ3n) is 14.0. The summed E-state index contributed by atoms with van der Waals surface area (Å²) >= 11 is 8.45. The average Bonchev–Trinajstić information content (AvgIpc) is 3.60. The molecular formula is C52H63ClN8O8S. The van der Waals surface area contributed by atoms with Crippen LogP contribution in [0.1, 0.15) is 100 Å². The van der Waals surface area contributed by atoms with Crippen LogP contribution < -0.4 is 37.1 Å². The number of ether oxygens (including phenoxy) is 1. The zero-order chi connectivity index (χ0) is 50.1. The molecule has 8 rings (SSSR count). The minimum Gasteiger partial charge on any atom is -0.490 e. The number of nitrogens with two attached hydrogens (primary N) is 2. The second-order valence-electron chi connectivity index (χ2n) is 20.3. The van der Waals surface area contributed by atoms with Gasteiger partial charge in [0.1, 0.15) is 30.5 Å². The van der Waals surface area contributed by atoms with Crippen molar-refractivity contribution in [2.45, 2.75) is 140 Å². The highest BCUT2D eigenvalue weighted by molar-refractivity contribution is 7.13. The molecule has 1 saturated heterocycles. The fraction of sp³-hybridized carbons (Fsp3) is 0.481. The van der Waals surface area contributed by atoms with Gasteiger partial charge < -0.3 is 42.2 Å². The number of hydrogen-bond acceptors (Lipinski definition) is 11. The number of aliphatic hydroxyl groups excluding tert-OH is 1. The van der Waals surface area contributed by atoms with Crippen molar-refractivity contribution in [3.8, 4) is 16.2 Å². The molecule has 4 aliphatic rings. The van der Waals surface area contributed by atoms with Crippen molar-refractivity contribution >= 4 is 64.1 Å². The van der Waals surface area contributed by atoms with Crippen LogP contribution in [0.4, 0.5) is 5.69 Å². The van der Waals surface area contributed by atoms with E-state index in [2.05, 4.69) is 20.9 Å². The van der Waals surface area contributed by atoms with Crippen LogP contribution in [0.2, 0.25) is 5.02 Å². The first-order valence-electron chi connectivity index (χ1n) is 24.1. The Bertz CT molecular complexity index is 2650. The quantitative estimate of drug-likeness (QED) is 0.0800. The number of rotatable bonds is 18. The standard InChI is InChI=1S/C52H63ClN8O8S/c1-29-45(70-28-56-29)32-14-17-34(18-15-32)52(22-23-52)59-48(66)38-25-36(62)26-60(38)50(68)46(51(2,3)4)58-42(64)13-7-9-30-8-6-12-40(43(30)53)69-27-35(19-21-41(55)63)57-47(65)39-24-33-11-5-10-31-16-20-37(54)49(67)61(39)44(31)33/h5-6,8,10-12,14-15,17-18,28,35-39,46,62H,7,9,13,16,19-27,54H2,1-4H3,(H2,55,63)(H,57,65)(H,58,64)(H,59,66)/t35-,36+,37-,38?,39-,46+/m0/s1. The van der Waals surface area contributed by atoms with Gasteiger partial charge in [-0.1, -0.05) is 87.0 Å². The summed E-state index contributed by atoms with van der Waals surface area (Å²) in [6, 6.07) is 15.1. The Labute approximate surface area is 417 Å². The highest BCUT2D eigenvalue weighted by Crippen LogP contribution is 2.47. The average molecular weight is 996 g/mol. The Morgan fingerprint density at radius 3 is 2.40 bits per heavy atom. The van der Waals surface area contributed by atoms with Crippen LogP contribution in [0.3, 0.4) is 0 Å². The summed E-state index contributed by atoms with van der Waals surface area (Å²) in [6.07, 6.45) is 3.11. The van der Waals surface area contributed by atoms with Crippen LogP contribution in [0.15, 0.2) is 66.2 Å². The van der Waals surface area contributed by atoms with Crippen LogP contribution in [0.5, 0.6) is 5.75 Å². The number of amides is 6. The van der Waals surface area contributed by atoms with Crippen molar-refractivity contribution < 1.29 is 38.6 Å². The number of β-amino-alcohol motifs (C(OH)–C–C–N with tert-alkyl or cyclic N) is 1. The molecule has 6 atom stereocenters. The number of nitrogens with zero attached hydrogens (tertiary/aromatic N) is 3. The van der Waals surface area contributed by atoms with Crippen LogP contribution in [-0.4, -0.2) is 99.9 Å². The van der Waals surface area contributed by atoms with E-state index in [4.69, 9.17) is 27.8 Å². The number of anilines is 1. The first-order valence-corrected chi connectivity index (χ1v) is 25.4. The first-order chi connectivity index (χ1) is 33.3. The van der Waals surface area contributed by atoms with Crippen molar-refractivity contribution in [1.82, 2.24) is 25.8 Å². The van der Waals surface area contributed by atoms with E-state index in [0.29, 0.717) is 48.4 Å². The molecule has 6 amide bonds. The molecule has 4 heterocycles. The van der Waals surface area contributed by atoms with Crippen LogP contribution in [0, 0.1) is 12.3 Å². The van der Waals surface area contributed by atoms with Gasteiger partial charge >= 0.3 is 0 Å². The molecular weight excluding hydrogens is 932 g/mol. The zero-order valence-electron chi connectivity index (χ0n) is 40.1. The summed E-state index contributed by atoms with van der Waals surface area (Å²) in [5.41, 5.74) is 18.6. The summed E-state index contributed by atoms with van der Waals surface area (Å²) in [6.45, 7) is 7.43. The second kappa shape index (κ2) is 20.8. The van der Waals surface area contributed by atoms with E-state index < -0.39 is 65.0 Å². The van der Waals surface area contributed by atoms with Crippen LogP contribution in [-0.2, 0) is 53.6 Å². The maximum Gasteiger partial charge on any atom is 0.246 e. The molecule has 0 spiro atoms. The van der Waals surface area contributed by atoms with E-state index in [9.17, 15) is 33.9 Å². The molecule has 18 heteroatoms. The number of primary amides is 1. The second-order valence-corrected chi connectivity index (χ2v) is 21.5. The number of para-hydroxylation sites is 1. The number of carbonyl (C=O) groups is 6. The van der Waals surface area contributed by atoms with E-state index >= 15 is 0 Å². The number of carbonyl (C=O) groups excluding carboxylic acids is 6. The maximum absolute atomic E-state index is 14.3. The molecule has 0 bridgehead atoms. The normalized spacial score (nSPS) is 21.0. The summed E-state index contributed by atoms with van der Waals surface area (Å²) < 4.78 is 6.17. The summed E-state index contributed by atoms with van der Waals surface area (Å²) in [5, 5.41) is 20.3. The monoisotopic (exact) mass is 994 g/mol. The highest BCUT2D eigenvalue weighted by Gasteiger charge is 2.50. The van der Waals surface area contributed by atoms with Gasteiger partial charge in [-0.3, -0.25) is 33.7 Å². The van der Waals surface area contributed by atoms with Gasteiger partial charge in [0.2, 0.25) is 35.4 Å². The lowest BCUT2D eigenvalue weighted by molar-refractivity contribution is -0.144. The number of hydrogen-bond donors (Lipinski definition) is 6. The minimum atomic E-state index is -0.981. The molecule has 16 nitrogen and oxygen atoms in total. The van der Waals surface area contributed by atoms with Crippen LogP contribution in [0.25, 0.3) is 10.4 Å². The van der Waals surface area contributed by atoms with Crippen molar-refractivity contribution in [1.29, 1.82) is 0 Å². The number of aromatic nitrogens is 1. The van der Waals surface area contributed by atoms with Gasteiger partial charge in [0.15, 0.2) is 0 Å². The highest BCUT2D eigenvalue weighted by atomic mass is 35.5. The van der Waals surface area contributed by atoms with E-state index in [1.807, 2.05) is 81.7 Å². The number of aryl methyl sites for hydroxylation is 3. The lowest BCUT2D eigenvalue weighted by Gasteiger charge is -2.35. The molecule has 372 valence electrons. The number of aliphatic hydroxyl groups is 1. The molecule has 1 unspecified atom stereocenters. The molecule has 1 saturated carbocycles. The lowest BCUT2D eigenvalue weighted by Crippen LogP contribution is -2.58. The Morgan fingerprint density at radius 2 is 1.71 bits per heavy atom. The summed E-state index contributed by atoms with van der Waals surface area (Å²) in [7, 11) is 0. The third kappa shape index (κ3) is 11.0. The fourth-order valence-electron chi connectivity index (χ4n) is 9.97. The smallest absolute Gasteiger partial charge is 0.246 e. The molecule has 3 aromatic carbocycles. The molecule has 1 aliphatic carbocycles. The van der Waals surface area contributed by atoms with E-state index in [-0.39, 0.29) is 56.6 Å². The molecule has 70 heavy (non-hydrogen) atoms. The maximum atomic E-state index is 14.3. The first kappa shape index (κ1) is 50.5. The molecule has 3 aliphatic heterocycles. The van der Waals surface area contributed by atoms with Gasteiger partial charge in [0.05, 0.1) is 50.5 Å². The van der Waals surface area contributed by atoms with Crippen LogP contribution >= 0.6 is 22.9 Å². The largest absolute Gasteiger partial charge is 0.490 e. The van der Waals surface area contributed by atoms with Gasteiger partial charge in [-0.2, -0.15) is 0 Å². The number of likely N-dealkylation sites (tertiary alicyclic amines) is 1. The SMILES string of the molecule is Cc1ncsc1-c1ccc(C2(NC(=O)C3C[C@@H](O)CN3C(=O)[C@@H](NC(=O)CCCc3cccc(OC[C@H](CCC(N)=O)NC(=O)[C@@H]4Cc5cccc6c5N4C(=O)[C@@H](N)CC6)c3Cl)C(C)(C)C)CC2)cc1. The van der Waals surface area contributed by atoms with E-state index in [1.54, 1.807) is 23.5 Å². The Balaban J connectivity index is 0.858. The zero-order valence-corrected chi connectivity index (χ0v) is 41.7. The minimum absolute atomic E-state index is 0.0181. The number of nitrogens with one attached hydrogen (secondary N) is 3. The summed E-state index contributed by atoms with van der Waals surface area (Å²) in [5.74, 6) is -2.05. The Hall–Kier alpha value is -5.88. The predicted molar refractivity (Wildman–Crippen MR) is 267 cm³/mol. The van der Waals surface area contributed by atoms with Crippen molar-refractivity contribution in [2.75, 3.05) is 18.1 Å². The molecule has 4 aromatic rings. The predicted octanol–water partition coefficient (Wildman–Crippen LogP) is 4.75. The molecule has 1 aromatic heterocycles. The number of benzene rings is 3. The van der Waals surface area contributed by atoms with Crippen molar-refractivity contribution in [2.24, 2.45) is 16.9 Å². The molecule has 2 fully saturated rings. The topological polar surface area (TPSA) is 239 Å². The van der Waals surface area contributed by atoms with Gasteiger partial charge in [-0.25, -0.2) is 4.98 Å². The number of thiazole rings is 1. The third-order valence-corrected chi connectivity index (χ3v) is 15.4. The summed E-state index contributed by atoms with van der Waals surface area (Å²) in [4.78, 5) is 89.6. The van der Waals surface area contributed by atoms with Crippen molar-refractivity contribution in [3.63, 3.8) is 0 Å². The van der Waals surface area contributed by atoms with Gasteiger partial charge in [0.25, 0.3) is 0 Å². The van der Waals surface area contributed by atoms with Gasteiger partial charge in [-0.15, -0.1) is 11.3 Å². The fourth-order valence-corrected chi connectivity index (χ4v) is 11.1. The van der Waals surface area contributed by atoms with Gasteiger partial charge in [0, 0.05) is 32.2 Å². The lowest BCUT2D eigenvalue weighted by atomic mass is 9.85. The Morgan fingerprint density at radius 1 is 0.986 bits per heavy atom. The van der Waals surface area contributed by atoms with Gasteiger partial charge in [-0.05, 0) is 91.2 Å². The van der Waals surface area contributed by atoms with E-state index in [0.717, 1.165) is 51.4 Å². The van der Waals surface area contributed by atoms with Crippen molar-refractivity contribution in [3.05, 3.63) is 99.1 Å². The molecule has 8 N–H and O–H groups in total. The van der Waals surface area contributed by atoms with E-state index in [1.165, 1.54) is 9.80 Å². The molecule has 0 radical (unpaired) electrons. The Kier molecular flexibility index (Phi) is 15.0.